The molecule has 19 heavy (non-hydrogen) atoms. The molecule has 0 aromatic heterocycles. The molecule has 0 unspecified atom stereocenters. The van der Waals surface area contributed by atoms with Crippen LogP contribution in [0.25, 0.3) is 0 Å². The molecule has 0 atom stereocenters. The fourth-order valence-corrected chi connectivity index (χ4v) is 2.06. The van der Waals surface area contributed by atoms with Gasteiger partial charge in [0.15, 0.2) is 6.61 Å². The number of benzene rings is 1. The Bertz CT molecular complexity index is 617. The third-order valence-electron chi connectivity index (χ3n) is 2.15. The second kappa shape index (κ2) is 6.22. The number of nitrogens with one attached hydrogen (secondary N) is 1. The van der Waals surface area contributed by atoms with Gasteiger partial charge in [-0.05, 0) is 24.6 Å². The van der Waals surface area contributed by atoms with Crippen LogP contribution in [0.4, 0.5) is 0 Å². The van der Waals surface area contributed by atoms with Crippen LogP contribution in [0.3, 0.4) is 0 Å². The summed E-state index contributed by atoms with van der Waals surface area (Å²) in [4.78, 5) is 11.1. The van der Waals surface area contributed by atoms with Crippen molar-refractivity contribution in [1.82, 2.24) is 5.32 Å². The fraction of sp³-hybridized carbons (Fsp3) is 0.250. The third-order valence-corrected chi connectivity index (χ3v) is 3.08. The van der Waals surface area contributed by atoms with Crippen molar-refractivity contribution in [3.63, 3.8) is 0 Å². The molecule has 0 aliphatic carbocycles. The van der Waals surface area contributed by atoms with E-state index in [1.165, 1.54) is 12.1 Å². The molecule has 6 nitrogen and oxygen atoms in total. The molecule has 1 amide bonds. The predicted molar refractivity (Wildman–Crippen MR) is 69.9 cm³/mol. The van der Waals surface area contributed by atoms with Gasteiger partial charge in [0.1, 0.15) is 10.6 Å². The Hall–Kier alpha value is -2.04. The van der Waals surface area contributed by atoms with Crippen LogP contribution < -0.4 is 15.2 Å². The Kier molecular flexibility index (Phi) is 4.92. The second-order valence-corrected chi connectivity index (χ2v) is 5.29. The molecule has 0 aliphatic rings. The van der Waals surface area contributed by atoms with Gasteiger partial charge in [-0.1, -0.05) is 12.0 Å². The van der Waals surface area contributed by atoms with Gasteiger partial charge < -0.3 is 10.1 Å². The van der Waals surface area contributed by atoms with E-state index in [0.717, 1.165) is 0 Å². The first-order chi connectivity index (χ1) is 8.84. The van der Waals surface area contributed by atoms with Gasteiger partial charge in [0, 0.05) is 0 Å². The van der Waals surface area contributed by atoms with Crippen LogP contribution in [0.5, 0.6) is 5.75 Å². The maximum absolute atomic E-state index is 11.4. The Morgan fingerprint density at radius 1 is 1.53 bits per heavy atom. The Balaban J connectivity index is 2.85. The fourth-order valence-electron chi connectivity index (χ4n) is 1.30. The Morgan fingerprint density at radius 2 is 2.21 bits per heavy atom. The molecule has 0 heterocycles. The number of sulfonamides is 1. The highest BCUT2D eigenvalue weighted by Crippen LogP contribution is 2.23. The molecule has 0 spiro atoms. The summed E-state index contributed by atoms with van der Waals surface area (Å²) < 4.78 is 27.9. The first-order valence-electron chi connectivity index (χ1n) is 5.31. The number of nitrogens with two attached hydrogens (primary N) is 1. The minimum absolute atomic E-state index is 0.0314. The highest BCUT2D eigenvalue weighted by atomic mass is 32.2. The first kappa shape index (κ1) is 15.0. The van der Waals surface area contributed by atoms with E-state index in [2.05, 4.69) is 11.2 Å². The molecular weight excluding hydrogens is 268 g/mol. The number of aryl methyl sites for hydroxylation is 1. The molecular formula is C12H14N2O4S. The molecule has 0 aliphatic heterocycles. The first-order valence-corrected chi connectivity index (χ1v) is 6.85. The van der Waals surface area contributed by atoms with Gasteiger partial charge in [0.05, 0.1) is 6.54 Å². The number of terminal acetylenes is 1. The third kappa shape index (κ3) is 4.62. The minimum atomic E-state index is -3.91. The van der Waals surface area contributed by atoms with Gasteiger partial charge in [0.25, 0.3) is 5.91 Å². The molecule has 1 aromatic carbocycles. The normalized spacial score (nSPS) is 10.6. The summed E-state index contributed by atoms with van der Waals surface area (Å²) >= 11 is 0. The molecule has 0 saturated carbocycles. The van der Waals surface area contributed by atoms with Gasteiger partial charge in [-0.25, -0.2) is 13.6 Å². The standard InChI is InChI=1S/C12H14N2O4S/c1-3-6-14-12(15)8-18-10-5-4-9(2)7-11(10)19(13,16)17/h1,4-5,7H,6,8H2,2H3,(H,14,15)(H2,13,16,17). The van der Waals surface area contributed by atoms with Gasteiger partial charge in [0.2, 0.25) is 10.0 Å². The zero-order chi connectivity index (χ0) is 14.5. The maximum atomic E-state index is 11.4. The summed E-state index contributed by atoms with van der Waals surface area (Å²) in [6.07, 6.45) is 4.98. The van der Waals surface area contributed by atoms with Gasteiger partial charge in [-0.15, -0.1) is 6.42 Å². The molecule has 0 radical (unpaired) electrons. The van der Waals surface area contributed by atoms with Crippen molar-refractivity contribution in [2.24, 2.45) is 5.14 Å². The summed E-state index contributed by atoms with van der Waals surface area (Å²) in [5, 5.41) is 7.47. The number of rotatable bonds is 5. The molecule has 3 N–H and O–H groups in total. The van der Waals surface area contributed by atoms with Crippen molar-refractivity contribution in [1.29, 1.82) is 0 Å². The molecule has 102 valence electrons. The van der Waals surface area contributed by atoms with Crippen LogP contribution in [0.15, 0.2) is 23.1 Å². The molecule has 1 rings (SSSR count). The van der Waals surface area contributed by atoms with E-state index in [9.17, 15) is 13.2 Å². The lowest BCUT2D eigenvalue weighted by molar-refractivity contribution is -0.122. The van der Waals surface area contributed by atoms with E-state index < -0.39 is 15.9 Å². The number of amides is 1. The SMILES string of the molecule is C#CCNC(=O)COc1ccc(C)cc1S(N)(=O)=O. The number of hydrogen-bond donors (Lipinski definition) is 2. The van der Waals surface area contributed by atoms with Crippen LogP contribution in [-0.4, -0.2) is 27.5 Å². The average Bonchev–Trinajstić information content (AvgIpc) is 2.33. The maximum Gasteiger partial charge on any atom is 0.258 e. The monoisotopic (exact) mass is 282 g/mol. The lowest BCUT2D eigenvalue weighted by Crippen LogP contribution is -2.29. The molecule has 0 saturated heterocycles. The summed E-state index contributed by atoms with van der Waals surface area (Å²) in [5.74, 6) is 1.82. The van der Waals surface area contributed by atoms with E-state index >= 15 is 0 Å². The summed E-state index contributed by atoms with van der Waals surface area (Å²) in [6.45, 7) is 1.46. The summed E-state index contributed by atoms with van der Waals surface area (Å²) in [7, 11) is -3.91. The van der Waals surface area contributed by atoms with Crippen molar-refractivity contribution in [2.45, 2.75) is 11.8 Å². The summed E-state index contributed by atoms with van der Waals surface area (Å²) in [5.41, 5.74) is 0.716. The molecule has 1 aromatic rings. The van der Waals surface area contributed by atoms with Crippen molar-refractivity contribution >= 4 is 15.9 Å². The largest absolute Gasteiger partial charge is 0.482 e. The predicted octanol–water partition coefficient (Wildman–Crippen LogP) is -0.229. The highest BCUT2D eigenvalue weighted by Gasteiger charge is 2.16. The molecule has 7 heteroatoms. The van der Waals surface area contributed by atoms with Crippen molar-refractivity contribution < 1.29 is 17.9 Å². The van der Waals surface area contributed by atoms with Crippen molar-refractivity contribution in [2.75, 3.05) is 13.2 Å². The topological polar surface area (TPSA) is 98.5 Å². The number of hydrogen-bond acceptors (Lipinski definition) is 4. The second-order valence-electron chi connectivity index (χ2n) is 3.76. The molecule has 0 bridgehead atoms. The van der Waals surface area contributed by atoms with E-state index in [4.69, 9.17) is 16.3 Å². The summed E-state index contributed by atoms with van der Waals surface area (Å²) in [6, 6.07) is 4.48. The highest BCUT2D eigenvalue weighted by molar-refractivity contribution is 7.89. The number of carbonyl (C=O) groups excluding carboxylic acids is 1. The van der Waals surface area contributed by atoms with E-state index in [-0.39, 0.29) is 23.8 Å². The van der Waals surface area contributed by atoms with Gasteiger partial charge in [-0.2, -0.15) is 0 Å². The zero-order valence-corrected chi connectivity index (χ0v) is 11.2. The van der Waals surface area contributed by atoms with E-state index in [0.29, 0.717) is 5.56 Å². The smallest absolute Gasteiger partial charge is 0.258 e. The van der Waals surface area contributed by atoms with Crippen LogP contribution >= 0.6 is 0 Å². The molecule has 0 fully saturated rings. The minimum Gasteiger partial charge on any atom is -0.482 e. The zero-order valence-electron chi connectivity index (χ0n) is 10.3. The van der Waals surface area contributed by atoms with Crippen molar-refractivity contribution in [3.05, 3.63) is 23.8 Å². The number of carbonyl (C=O) groups is 1. The lowest BCUT2D eigenvalue weighted by Gasteiger charge is -2.10. The van der Waals surface area contributed by atoms with E-state index in [1.54, 1.807) is 13.0 Å². The van der Waals surface area contributed by atoms with Gasteiger partial charge >= 0.3 is 0 Å². The number of ether oxygens (including phenoxy) is 1. The van der Waals surface area contributed by atoms with E-state index in [1.807, 2.05) is 0 Å². The van der Waals surface area contributed by atoms with Crippen LogP contribution in [0.2, 0.25) is 0 Å². The lowest BCUT2D eigenvalue weighted by atomic mass is 10.2. The van der Waals surface area contributed by atoms with Crippen molar-refractivity contribution in [3.8, 4) is 18.1 Å². The average molecular weight is 282 g/mol. The van der Waals surface area contributed by atoms with Gasteiger partial charge in [-0.3, -0.25) is 4.79 Å². The quantitative estimate of drug-likeness (QED) is 0.729. The van der Waals surface area contributed by atoms with Crippen LogP contribution in [0.1, 0.15) is 5.56 Å². The van der Waals surface area contributed by atoms with Crippen LogP contribution in [-0.2, 0) is 14.8 Å². The Morgan fingerprint density at radius 3 is 2.79 bits per heavy atom. The van der Waals surface area contributed by atoms with Crippen LogP contribution in [0, 0.1) is 19.3 Å². The number of primary sulfonamides is 1. The Labute approximate surface area is 112 Å².